The van der Waals surface area contributed by atoms with Gasteiger partial charge in [-0.05, 0) is 20.8 Å². The predicted molar refractivity (Wildman–Crippen MR) is 94.4 cm³/mol. The summed E-state index contributed by atoms with van der Waals surface area (Å²) in [5.41, 5.74) is 2.14. The highest BCUT2D eigenvalue weighted by atomic mass is 16.6. The van der Waals surface area contributed by atoms with Crippen molar-refractivity contribution in [1.82, 2.24) is 15.6 Å². The van der Waals surface area contributed by atoms with E-state index in [4.69, 9.17) is 4.74 Å². The quantitative estimate of drug-likeness (QED) is 0.382. The summed E-state index contributed by atoms with van der Waals surface area (Å²) >= 11 is 0. The number of nitrogens with zero attached hydrogens (tertiary/aromatic N) is 2. The van der Waals surface area contributed by atoms with Crippen LogP contribution in [-0.2, 0) is 19.1 Å². The van der Waals surface area contributed by atoms with Gasteiger partial charge in [-0.15, -0.1) is 0 Å². The molecule has 1 unspecified atom stereocenters. The van der Waals surface area contributed by atoms with Gasteiger partial charge in [-0.25, -0.2) is 19.6 Å². The lowest BCUT2D eigenvalue weighted by atomic mass is 10.2. The summed E-state index contributed by atoms with van der Waals surface area (Å²) in [4.78, 5) is 48.3. The van der Waals surface area contributed by atoms with Crippen LogP contribution >= 0.6 is 0 Å². The molecule has 1 atom stereocenters. The van der Waals surface area contributed by atoms with Gasteiger partial charge in [-0.1, -0.05) is 6.08 Å². The van der Waals surface area contributed by atoms with Gasteiger partial charge in [-0.3, -0.25) is 14.9 Å². The molecular formula is C17H29N4O5+. The maximum atomic E-state index is 12.1. The Labute approximate surface area is 153 Å². The van der Waals surface area contributed by atoms with Crippen LogP contribution < -0.4 is 10.7 Å². The van der Waals surface area contributed by atoms with E-state index in [-0.39, 0.29) is 17.0 Å². The fraction of sp³-hybridized carbons (Fsp3) is 0.647. The number of quaternary nitrogens is 1. The van der Waals surface area contributed by atoms with Gasteiger partial charge in [0.05, 0.1) is 7.05 Å². The molecule has 1 rings (SSSR count). The monoisotopic (exact) mass is 369 g/mol. The van der Waals surface area contributed by atoms with Crippen molar-refractivity contribution in [2.75, 3.05) is 33.2 Å². The minimum Gasteiger partial charge on any atom is -0.456 e. The van der Waals surface area contributed by atoms with Crippen molar-refractivity contribution in [3.8, 4) is 0 Å². The van der Waals surface area contributed by atoms with Crippen molar-refractivity contribution in [3.63, 3.8) is 0 Å². The third-order valence-electron chi connectivity index (χ3n) is 3.52. The summed E-state index contributed by atoms with van der Waals surface area (Å²) in [5, 5.41) is 2.24. The Bertz CT molecular complexity index is 596. The average molecular weight is 369 g/mol. The zero-order valence-corrected chi connectivity index (χ0v) is 16.1. The van der Waals surface area contributed by atoms with E-state index >= 15 is 0 Å². The highest BCUT2D eigenvalue weighted by Gasteiger charge is 2.30. The van der Waals surface area contributed by atoms with Crippen molar-refractivity contribution in [3.05, 3.63) is 12.2 Å². The lowest BCUT2D eigenvalue weighted by molar-refractivity contribution is -0.937. The Kier molecular flexibility index (Phi) is 7.31. The maximum absolute atomic E-state index is 12.1. The molecular weight excluding hydrogens is 340 g/mol. The zero-order valence-electron chi connectivity index (χ0n) is 16.1. The molecule has 0 aromatic rings. The molecule has 0 aliphatic carbocycles. The third-order valence-corrected chi connectivity index (χ3v) is 3.52. The molecule has 0 bridgehead atoms. The van der Waals surface area contributed by atoms with E-state index in [2.05, 4.69) is 10.7 Å². The van der Waals surface area contributed by atoms with E-state index in [1.807, 2.05) is 0 Å². The summed E-state index contributed by atoms with van der Waals surface area (Å²) in [6.07, 6.45) is 3.45. The molecule has 2 N–H and O–H groups in total. The fourth-order valence-corrected chi connectivity index (χ4v) is 2.61. The first-order valence-electron chi connectivity index (χ1n) is 8.52. The standard InChI is InChI=1S/C17H28N4O5/c1-13(22)19-21(5,12-15(24)26-17(2,3)4)11-7-10-20-9-6-8-14(23)18-16(20)25/h6,8H,7,9-12H2,1-5H3,(H-,18,19,22,23,25)/p+1. The van der Waals surface area contributed by atoms with Gasteiger partial charge in [0.1, 0.15) is 12.1 Å². The zero-order chi connectivity index (χ0) is 20.0. The van der Waals surface area contributed by atoms with Gasteiger partial charge in [0.25, 0.3) is 11.8 Å². The number of likely N-dealkylation sites (N-methyl/N-ethyl adjacent to an activating group) is 1. The molecule has 9 nitrogen and oxygen atoms in total. The lowest BCUT2D eigenvalue weighted by Crippen LogP contribution is -2.60. The molecule has 0 aromatic carbocycles. The Morgan fingerprint density at radius 2 is 2.00 bits per heavy atom. The van der Waals surface area contributed by atoms with Crippen LogP contribution in [0.25, 0.3) is 0 Å². The molecule has 9 heteroatoms. The summed E-state index contributed by atoms with van der Waals surface area (Å²) in [5.74, 6) is -1.13. The van der Waals surface area contributed by atoms with Crippen molar-refractivity contribution < 1.29 is 28.5 Å². The molecule has 1 heterocycles. The van der Waals surface area contributed by atoms with E-state index in [9.17, 15) is 19.2 Å². The van der Waals surface area contributed by atoms with Crippen LogP contribution in [0.4, 0.5) is 4.79 Å². The number of nitrogens with one attached hydrogen (secondary N) is 2. The Hall–Kier alpha value is -2.42. The number of carbonyl (C=O) groups is 4. The molecule has 146 valence electrons. The number of ether oxygens (including phenoxy) is 1. The second kappa shape index (κ2) is 8.79. The Morgan fingerprint density at radius 1 is 1.35 bits per heavy atom. The molecule has 1 aliphatic rings. The van der Waals surface area contributed by atoms with E-state index in [0.29, 0.717) is 26.1 Å². The largest absolute Gasteiger partial charge is 0.456 e. The van der Waals surface area contributed by atoms with Crippen molar-refractivity contribution in [2.24, 2.45) is 0 Å². The van der Waals surface area contributed by atoms with Crippen LogP contribution in [0.15, 0.2) is 12.2 Å². The molecule has 1 aliphatic heterocycles. The number of urea groups is 1. The Morgan fingerprint density at radius 3 is 2.58 bits per heavy atom. The average Bonchev–Trinajstić information content (AvgIpc) is 2.56. The molecule has 26 heavy (non-hydrogen) atoms. The highest BCUT2D eigenvalue weighted by Crippen LogP contribution is 2.10. The molecule has 0 radical (unpaired) electrons. The molecule has 0 saturated carbocycles. The van der Waals surface area contributed by atoms with Crippen molar-refractivity contribution >= 4 is 23.8 Å². The lowest BCUT2D eigenvalue weighted by Gasteiger charge is -2.33. The van der Waals surface area contributed by atoms with Crippen LogP contribution in [0.1, 0.15) is 34.1 Å². The van der Waals surface area contributed by atoms with Gasteiger partial charge < -0.3 is 9.64 Å². The number of hydrogen-bond donors (Lipinski definition) is 2. The second-order valence-corrected chi connectivity index (χ2v) is 7.53. The number of carbonyl (C=O) groups excluding carboxylic acids is 4. The van der Waals surface area contributed by atoms with Crippen LogP contribution in [0.2, 0.25) is 0 Å². The Balaban J connectivity index is 2.65. The summed E-state index contributed by atoms with van der Waals surface area (Å²) in [6.45, 7) is 7.81. The second-order valence-electron chi connectivity index (χ2n) is 7.53. The van der Waals surface area contributed by atoms with Crippen molar-refractivity contribution in [2.45, 2.75) is 39.7 Å². The molecule has 0 fully saturated rings. The normalized spacial score (nSPS) is 17.2. The third kappa shape index (κ3) is 8.11. The molecule has 0 spiro atoms. The first kappa shape index (κ1) is 21.6. The van der Waals surface area contributed by atoms with Crippen molar-refractivity contribution in [1.29, 1.82) is 0 Å². The number of esters is 1. The SMILES string of the molecule is CC(=O)N[N+](C)(CCCN1CC=CC(=O)NC1=O)CC(=O)OC(C)(C)C. The number of hydrogen-bond acceptors (Lipinski definition) is 5. The number of amides is 4. The highest BCUT2D eigenvalue weighted by molar-refractivity contribution is 6.01. The number of rotatable bonds is 7. The van der Waals surface area contributed by atoms with Gasteiger partial charge in [0.15, 0.2) is 6.54 Å². The number of imide groups is 1. The molecule has 0 saturated heterocycles. The fourth-order valence-electron chi connectivity index (χ4n) is 2.61. The minimum absolute atomic E-state index is 0.0264. The van der Waals surface area contributed by atoms with E-state index in [1.165, 1.54) is 17.9 Å². The molecule has 4 amide bonds. The van der Waals surface area contributed by atoms with Crippen LogP contribution in [-0.4, -0.2) is 72.1 Å². The first-order valence-corrected chi connectivity index (χ1v) is 8.52. The van der Waals surface area contributed by atoms with Gasteiger partial charge in [-0.2, -0.15) is 0 Å². The topological polar surface area (TPSA) is 105 Å². The van der Waals surface area contributed by atoms with Gasteiger partial charge in [0, 0.05) is 32.5 Å². The summed E-state index contributed by atoms with van der Waals surface area (Å²) in [6, 6.07) is -0.458. The van der Waals surface area contributed by atoms with Gasteiger partial charge in [0.2, 0.25) is 0 Å². The summed E-state index contributed by atoms with van der Waals surface area (Å²) < 4.78 is 5.30. The minimum atomic E-state index is -0.610. The van der Waals surface area contributed by atoms with Crippen LogP contribution in [0.3, 0.4) is 0 Å². The van der Waals surface area contributed by atoms with Crippen LogP contribution in [0, 0.1) is 0 Å². The van der Waals surface area contributed by atoms with Crippen LogP contribution in [0.5, 0.6) is 0 Å². The maximum Gasteiger partial charge on any atom is 0.364 e. The first-order chi connectivity index (χ1) is 11.9. The van der Waals surface area contributed by atoms with E-state index in [0.717, 1.165) is 0 Å². The molecule has 0 aromatic heterocycles. The predicted octanol–water partition coefficient (Wildman–Crippen LogP) is 0.324. The smallest absolute Gasteiger partial charge is 0.364 e. The van der Waals surface area contributed by atoms with Gasteiger partial charge >= 0.3 is 12.0 Å². The summed E-state index contributed by atoms with van der Waals surface area (Å²) in [7, 11) is 1.72. The van der Waals surface area contributed by atoms with E-state index < -0.39 is 23.5 Å². The van der Waals surface area contributed by atoms with E-state index in [1.54, 1.807) is 33.9 Å².